The van der Waals surface area contributed by atoms with Crippen molar-refractivity contribution >= 4 is 21.6 Å². The molecule has 0 aromatic carbocycles. The Labute approximate surface area is 131 Å². The van der Waals surface area contributed by atoms with Crippen LogP contribution in [-0.2, 0) is 9.84 Å². The summed E-state index contributed by atoms with van der Waals surface area (Å²) in [5.74, 6) is 1.53. The molecule has 5 nitrogen and oxygen atoms in total. The van der Waals surface area contributed by atoms with Gasteiger partial charge in [-0.3, -0.25) is 9.88 Å². The number of rotatable bonds is 5. The van der Waals surface area contributed by atoms with E-state index in [2.05, 4.69) is 9.88 Å². The highest BCUT2D eigenvalue weighted by Crippen LogP contribution is 2.32. The molecular weight excluding hydrogens is 306 g/mol. The third-order valence-corrected chi connectivity index (χ3v) is 6.54. The molecule has 1 aromatic heterocycles. The number of hydrogen-bond acceptors (Lipinski definition) is 6. The molecule has 0 saturated carbocycles. The second kappa shape index (κ2) is 7.09. The lowest BCUT2D eigenvalue weighted by atomic mass is 9.97. The molecular formula is C14H23N3O2S2. The van der Waals surface area contributed by atoms with E-state index in [1.807, 2.05) is 19.1 Å². The van der Waals surface area contributed by atoms with Gasteiger partial charge in [-0.05, 0) is 18.1 Å². The van der Waals surface area contributed by atoms with Gasteiger partial charge in [0.1, 0.15) is 5.37 Å². The van der Waals surface area contributed by atoms with Crippen molar-refractivity contribution in [3.63, 3.8) is 0 Å². The monoisotopic (exact) mass is 329 g/mol. The van der Waals surface area contributed by atoms with E-state index in [1.54, 1.807) is 24.2 Å². The third-order valence-electron chi connectivity index (χ3n) is 3.88. The minimum absolute atomic E-state index is 0.107. The Morgan fingerprint density at radius 1 is 1.57 bits per heavy atom. The molecule has 0 aliphatic carbocycles. The van der Waals surface area contributed by atoms with Crippen LogP contribution >= 0.6 is 11.8 Å². The first-order valence-corrected chi connectivity index (χ1v) is 10.2. The van der Waals surface area contributed by atoms with E-state index in [1.165, 1.54) is 6.26 Å². The summed E-state index contributed by atoms with van der Waals surface area (Å²) in [4.78, 5) is 6.22. The number of pyridine rings is 1. The molecule has 1 aliphatic heterocycles. The van der Waals surface area contributed by atoms with Gasteiger partial charge in [0.15, 0.2) is 9.84 Å². The highest BCUT2D eigenvalue weighted by molar-refractivity contribution is 8.00. The summed E-state index contributed by atoms with van der Waals surface area (Å²) in [6.07, 6.45) is 5.62. The summed E-state index contributed by atoms with van der Waals surface area (Å²) in [7, 11) is -3.14. The number of nitrogens with two attached hydrogens (primary N) is 1. The molecule has 1 aliphatic rings. The number of sulfone groups is 1. The lowest BCUT2D eigenvalue weighted by Crippen LogP contribution is -2.52. The summed E-state index contributed by atoms with van der Waals surface area (Å²) in [5.41, 5.74) is 7.31. The van der Waals surface area contributed by atoms with E-state index in [0.717, 1.165) is 24.3 Å². The van der Waals surface area contributed by atoms with Crippen LogP contribution in [0.15, 0.2) is 24.5 Å². The van der Waals surface area contributed by atoms with Crippen molar-refractivity contribution in [2.75, 3.05) is 24.3 Å². The van der Waals surface area contributed by atoms with Crippen LogP contribution in [-0.4, -0.2) is 54.0 Å². The molecule has 3 unspecified atom stereocenters. The van der Waals surface area contributed by atoms with Gasteiger partial charge in [-0.1, -0.05) is 13.0 Å². The van der Waals surface area contributed by atoms with Gasteiger partial charge in [0, 0.05) is 42.7 Å². The van der Waals surface area contributed by atoms with Gasteiger partial charge in [0.05, 0.1) is 6.04 Å². The van der Waals surface area contributed by atoms with Gasteiger partial charge < -0.3 is 5.73 Å². The highest BCUT2D eigenvalue weighted by Gasteiger charge is 2.38. The zero-order chi connectivity index (χ0) is 15.5. The van der Waals surface area contributed by atoms with Crippen molar-refractivity contribution in [3.8, 4) is 0 Å². The van der Waals surface area contributed by atoms with Gasteiger partial charge in [0.2, 0.25) is 0 Å². The number of hydrogen-bond donors (Lipinski definition) is 1. The first-order valence-electron chi connectivity index (χ1n) is 7.13. The van der Waals surface area contributed by atoms with Crippen LogP contribution in [0.3, 0.4) is 0 Å². The fraction of sp³-hybridized carbons (Fsp3) is 0.643. The summed E-state index contributed by atoms with van der Waals surface area (Å²) >= 11 is 1.69. The lowest BCUT2D eigenvalue weighted by Gasteiger charge is -2.42. The highest BCUT2D eigenvalue weighted by atomic mass is 32.2. The van der Waals surface area contributed by atoms with Crippen molar-refractivity contribution < 1.29 is 8.42 Å². The standard InChI is InChI=1S/C14H23N3O2S2/c1-3-12(15)14(11-5-4-6-16-9-11)17-7-8-20-10-13(17)21(2,18)19/h4-6,9,12-14H,3,7-8,10,15H2,1-2H3. The Balaban J connectivity index is 2.39. The summed E-state index contributed by atoms with van der Waals surface area (Å²) in [6, 6.07) is 3.64. The maximum Gasteiger partial charge on any atom is 0.164 e. The average molecular weight is 329 g/mol. The SMILES string of the molecule is CCC(N)C(c1cccnc1)N1CCSCC1S(C)(=O)=O. The van der Waals surface area contributed by atoms with E-state index < -0.39 is 15.2 Å². The first-order chi connectivity index (χ1) is 9.95. The van der Waals surface area contributed by atoms with Crippen LogP contribution in [0.5, 0.6) is 0 Å². The second-order valence-corrected chi connectivity index (χ2v) is 8.75. The van der Waals surface area contributed by atoms with Gasteiger partial charge in [-0.15, -0.1) is 0 Å². The fourth-order valence-electron chi connectivity index (χ4n) is 2.74. The maximum absolute atomic E-state index is 12.1. The van der Waals surface area contributed by atoms with Gasteiger partial charge >= 0.3 is 0 Å². The van der Waals surface area contributed by atoms with Crippen LogP contribution in [0.2, 0.25) is 0 Å². The number of aromatic nitrogens is 1. The Kier molecular flexibility index (Phi) is 5.65. The van der Waals surface area contributed by atoms with Crippen LogP contribution in [0.1, 0.15) is 24.9 Å². The molecule has 2 rings (SSSR count). The zero-order valence-corrected chi connectivity index (χ0v) is 14.1. The van der Waals surface area contributed by atoms with E-state index in [4.69, 9.17) is 5.73 Å². The van der Waals surface area contributed by atoms with Crippen molar-refractivity contribution in [2.24, 2.45) is 5.73 Å². The largest absolute Gasteiger partial charge is 0.326 e. The van der Waals surface area contributed by atoms with Gasteiger partial charge in [-0.25, -0.2) is 8.42 Å². The lowest BCUT2D eigenvalue weighted by molar-refractivity contribution is 0.165. The van der Waals surface area contributed by atoms with E-state index in [0.29, 0.717) is 5.75 Å². The van der Waals surface area contributed by atoms with Gasteiger partial charge in [0.25, 0.3) is 0 Å². The van der Waals surface area contributed by atoms with Crippen molar-refractivity contribution in [3.05, 3.63) is 30.1 Å². The zero-order valence-electron chi connectivity index (χ0n) is 12.5. The Morgan fingerprint density at radius 3 is 2.90 bits per heavy atom. The topological polar surface area (TPSA) is 76.3 Å². The maximum atomic E-state index is 12.1. The molecule has 3 atom stereocenters. The molecule has 0 amide bonds. The summed E-state index contributed by atoms with van der Waals surface area (Å²) in [5, 5.41) is -0.473. The molecule has 1 fully saturated rings. The van der Waals surface area contributed by atoms with Crippen LogP contribution in [0, 0.1) is 0 Å². The first kappa shape index (κ1) is 16.7. The normalized spacial score (nSPS) is 23.7. The second-order valence-electron chi connectivity index (χ2n) is 5.40. The Hall–Kier alpha value is -0.630. The molecule has 7 heteroatoms. The fourth-order valence-corrected chi connectivity index (χ4v) is 5.65. The van der Waals surface area contributed by atoms with Crippen LogP contribution < -0.4 is 5.73 Å². The molecule has 2 N–H and O–H groups in total. The molecule has 1 saturated heterocycles. The number of thioether (sulfide) groups is 1. The van der Waals surface area contributed by atoms with E-state index in [-0.39, 0.29) is 12.1 Å². The Bertz CT molecular complexity index is 551. The molecule has 0 bridgehead atoms. The van der Waals surface area contributed by atoms with E-state index in [9.17, 15) is 8.42 Å². The smallest absolute Gasteiger partial charge is 0.164 e. The van der Waals surface area contributed by atoms with Crippen molar-refractivity contribution in [1.29, 1.82) is 0 Å². The van der Waals surface area contributed by atoms with Crippen molar-refractivity contribution in [2.45, 2.75) is 30.8 Å². The summed E-state index contributed by atoms with van der Waals surface area (Å²) < 4.78 is 24.3. The quantitative estimate of drug-likeness (QED) is 0.877. The van der Waals surface area contributed by atoms with Crippen LogP contribution in [0.25, 0.3) is 0 Å². The molecule has 21 heavy (non-hydrogen) atoms. The van der Waals surface area contributed by atoms with E-state index >= 15 is 0 Å². The molecule has 1 aromatic rings. The average Bonchev–Trinajstić information content (AvgIpc) is 2.48. The molecule has 118 valence electrons. The van der Waals surface area contributed by atoms with Crippen molar-refractivity contribution in [1.82, 2.24) is 9.88 Å². The van der Waals surface area contributed by atoms with Gasteiger partial charge in [-0.2, -0.15) is 11.8 Å². The molecule has 0 radical (unpaired) electrons. The minimum Gasteiger partial charge on any atom is -0.326 e. The minimum atomic E-state index is -3.14. The number of nitrogens with zero attached hydrogens (tertiary/aromatic N) is 2. The Morgan fingerprint density at radius 2 is 2.33 bits per heavy atom. The third kappa shape index (κ3) is 3.97. The predicted molar refractivity (Wildman–Crippen MR) is 87.9 cm³/mol. The summed E-state index contributed by atoms with van der Waals surface area (Å²) in [6.45, 7) is 2.76. The molecule has 2 heterocycles. The molecule has 0 spiro atoms. The predicted octanol–water partition coefficient (Wildman–Crippen LogP) is 1.28. The van der Waals surface area contributed by atoms with Crippen LogP contribution in [0.4, 0.5) is 0 Å².